The number of aryl methyl sites for hydroxylation is 2. The number of hydrogen-bond donors (Lipinski definition) is 1. The van der Waals surface area contributed by atoms with Crippen LogP contribution in [0.4, 0.5) is 5.69 Å². The number of nitrogens with one attached hydrogen (secondary N) is 1. The topological polar surface area (TPSA) is 49.4 Å². The predicted molar refractivity (Wildman–Crippen MR) is 102 cm³/mol. The van der Waals surface area contributed by atoms with Gasteiger partial charge in [0.2, 0.25) is 5.91 Å². The van der Waals surface area contributed by atoms with Gasteiger partial charge in [0.15, 0.2) is 0 Å². The van der Waals surface area contributed by atoms with Gasteiger partial charge in [-0.15, -0.1) is 0 Å². The first-order chi connectivity index (χ1) is 12.0. The van der Waals surface area contributed by atoms with Crippen molar-refractivity contribution in [3.05, 3.63) is 64.7 Å². The van der Waals surface area contributed by atoms with E-state index in [1.165, 1.54) is 11.1 Å². The van der Waals surface area contributed by atoms with Crippen LogP contribution in [0.1, 0.15) is 40.9 Å². The molecule has 0 aliphatic heterocycles. The second kappa shape index (κ2) is 8.47. The molecule has 0 radical (unpaired) electrons. The molecule has 2 aromatic rings. The van der Waals surface area contributed by atoms with Gasteiger partial charge in [-0.25, -0.2) is 0 Å². The number of rotatable bonds is 6. The Morgan fingerprint density at radius 3 is 2.28 bits per heavy atom. The van der Waals surface area contributed by atoms with Crippen LogP contribution in [-0.2, 0) is 11.2 Å². The van der Waals surface area contributed by atoms with Crippen molar-refractivity contribution in [1.29, 1.82) is 0 Å². The molecule has 4 heteroatoms. The van der Waals surface area contributed by atoms with Gasteiger partial charge in [0.1, 0.15) is 0 Å². The minimum absolute atomic E-state index is 0.0629. The van der Waals surface area contributed by atoms with E-state index in [-0.39, 0.29) is 18.2 Å². The quantitative estimate of drug-likeness (QED) is 0.866. The number of anilines is 1. The number of nitrogens with zero attached hydrogens (tertiary/aromatic N) is 1. The zero-order valence-electron chi connectivity index (χ0n) is 15.4. The molecule has 0 heterocycles. The van der Waals surface area contributed by atoms with Crippen LogP contribution < -0.4 is 5.32 Å². The van der Waals surface area contributed by atoms with Crippen molar-refractivity contribution in [3.8, 4) is 0 Å². The number of amides is 2. The molecule has 0 spiro atoms. The Hall–Kier alpha value is -2.62. The Morgan fingerprint density at radius 1 is 0.960 bits per heavy atom. The molecule has 0 saturated carbocycles. The maximum absolute atomic E-state index is 12.6. The van der Waals surface area contributed by atoms with Gasteiger partial charge in [0, 0.05) is 13.1 Å². The summed E-state index contributed by atoms with van der Waals surface area (Å²) in [6.07, 6.45) is 0.287. The van der Waals surface area contributed by atoms with E-state index in [0.29, 0.717) is 24.3 Å². The molecule has 2 aromatic carbocycles. The third-order valence-electron chi connectivity index (χ3n) is 4.42. The fraction of sp³-hybridized carbons (Fsp3) is 0.333. The van der Waals surface area contributed by atoms with Crippen molar-refractivity contribution in [3.63, 3.8) is 0 Å². The molecular formula is C21H26N2O2. The van der Waals surface area contributed by atoms with Crippen LogP contribution in [0.2, 0.25) is 0 Å². The lowest BCUT2D eigenvalue weighted by atomic mass is 10.0. The molecule has 0 fully saturated rings. The first-order valence-electron chi connectivity index (χ1n) is 8.70. The van der Waals surface area contributed by atoms with Gasteiger partial charge in [-0.2, -0.15) is 0 Å². The molecular weight excluding hydrogens is 312 g/mol. The zero-order chi connectivity index (χ0) is 18.4. The highest BCUT2D eigenvalue weighted by Gasteiger charge is 2.17. The molecule has 2 rings (SSSR count). The monoisotopic (exact) mass is 338 g/mol. The van der Waals surface area contributed by atoms with Gasteiger partial charge >= 0.3 is 0 Å². The van der Waals surface area contributed by atoms with Crippen LogP contribution in [0, 0.1) is 13.8 Å². The number of carbonyl (C=O) groups is 2. The number of benzene rings is 2. The summed E-state index contributed by atoms with van der Waals surface area (Å²) in [6, 6.07) is 13.2. The van der Waals surface area contributed by atoms with E-state index in [1.54, 1.807) is 17.0 Å². The van der Waals surface area contributed by atoms with Crippen LogP contribution in [0.15, 0.2) is 42.5 Å². The highest BCUT2D eigenvalue weighted by molar-refractivity contribution is 6.04. The molecule has 1 N–H and O–H groups in total. The Labute approximate surface area is 149 Å². The lowest BCUT2D eigenvalue weighted by Crippen LogP contribution is -2.31. The molecule has 0 bridgehead atoms. The fourth-order valence-corrected chi connectivity index (χ4v) is 2.75. The highest BCUT2D eigenvalue weighted by Crippen LogP contribution is 2.18. The number of carbonyl (C=O) groups excluding carboxylic acids is 2. The van der Waals surface area contributed by atoms with Crippen LogP contribution in [0.25, 0.3) is 0 Å². The largest absolute Gasteiger partial charge is 0.339 e. The second-order valence-corrected chi connectivity index (χ2v) is 6.17. The maximum Gasteiger partial charge on any atom is 0.255 e. The Morgan fingerprint density at radius 2 is 1.64 bits per heavy atom. The molecule has 0 aromatic heterocycles. The summed E-state index contributed by atoms with van der Waals surface area (Å²) in [6.45, 7) is 9.26. The molecule has 0 atom stereocenters. The lowest BCUT2D eigenvalue weighted by molar-refractivity contribution is -0.115. The summed E-state index contributed by atoms with van der Waals surface area (Å²) in [4.78, 5) is 26.8. The Balaban J connectivity index is 2.15. The van der Waals surface area contributed by atoms with Crippen molar-refractivity contribution in [2.24, 2.45) is 0 Å². The van der Waals surface area contributed by atoms with Crippen LogP contribution >= 0.6 is 0 Å². The van der Waals surface area contributed by atoms with Crippen molar-refractivity contribution in [2.75, 3.05) is 18.4 Å². The van der Waals surface area contributed by atoms with Gasteiger partial charge in [-0.05, 0) is 56.5 Å². The smallest absolute Gasteiger partial charge is 0.255 e. The van der Waals surface area contributed by atoms with Crippen molar-refractivity contribution >= 4 is 17.5 Å². The van der Waals surface area contributed by atoms with Crippen LogP contribution in [0.5, 0.6) is 0 Å². The Kier molecular flexibility index (Phi) is 6.34. The SMILES string of the molecule is CCN(CC)C(=O)c1ccccc1NC(=O)Cc1ccc(C)c(C)c1. The van der Waals surface area contributed by atoms with Gasteiger partial charge in [-0.1, -0.05) is 30.3 Å². The van der Waals surface area contributed by atoms with E-state index in [4.69, 9.17) is 0 Å². The van der Waals surface area contributed by atoms with Gasteiger partial charge in [0.05, 0.1) is 17.7 Å². The predicted octanol–water partition coefficient (Wildman–Crippen LogP) is 3.97. The summed E-state index contributed by atoms with van der Waals surface area (Å²) in [5.41, 5.74) is 4.43. The highest BCUT2D eigenvalue weighted by atomic mass is 16.2. The molecule has 0 aliphatic carbocycles. The van der Waals surface area contributed by atoms with Gasteiger partial charge in [-0.3, -0.25) is 9.59 Å². The van der Waals surface area contributed by atoms with E-state index in [9.17, 15) is 9.59 Å². The van der Waals surface area contributed by atoms with E-state index in [0.717, 1.165) is 5.56 Å². The molecule has 0 saturated heterocycles. The Bertz CT molecular complexity index is 764. The summed E-state index contributed by atoms with van der Waals surface area (Å²) < 4.78 is 0. The van der Waals surface area contributed by atoms with E-state index in [1.807, 2.05) is 58.0 Å². The summed E-state index contributed by atoms with van der Waals surface area (Å²) in [5.74, 6) is -0.185. The number of para-hydroxylation sites is 1. The standard InChI is InChI=1S/C21H26N2O2/c1-5-23(6-2)21(25)18-9-7-8-10-19(18)22-20(24)14-17-12-11-15(3)16(4)13-17/h7-13H,5-6,14H2,1-4H3,(H,22,24). The van der Waals surface area contributed by atoms with E-state index >= 15 is 0 Å². The normalized spacial score (nSPS) is 10.4. The third-order valence-corrected chi connectivity index (χ3v) is 4.42. The van der Waals surface area contributed by atoms with Crippen LogP contribution in [-0.4, -0.2) is 29.8 Å². The molecule has 2 amide bonds. The third kappa shape index (κ3) is 4.69. The van der Waals surface area contributed by atoms with Gasteiger partial charge in [0.25, 0.3) is 5.91 Å². The first-order valence-corrected chi connectivity index (χ1v) is 8.70. The van der Waals surface area contributed by atoms with Crippen molar-refractivity contribution in [2.45, 2.75) is 34.1 Å². The summed E-state index contributed by atoms with van der Waals surface area (Å²) in [5, 5.41) is 2.89. The number of hydrogen-bond acceptors (Lipinski definition) is 2. The molecule has 4 nitrogen and oxygen atoms in total. The molecule has 0 unspecified atom stereocenters. The maximum atomic E-state index is 12.6. The van der Waals surface area contributed by atoms with Crippen molar-refractivity contribution in [1.82, 2.24) is 4.90 Å². The first kappa shape index (κ1) is 18.7. The second-order valence-electron chi connectivity index (χ2n) is 6.17. The zero-order valence-corrected chi connectivity index (χ0v) is 15.4. The van der Waals surface area contributed by atoms with E-state index < -0.39 is 0 Å². The lowest BCUT2D eigenvalue weighted by Gasteiger charge is -2.20. The average Bonchev–Trinajstić information content (AvgIpc) is 2.59. The fourth-order valence-electron chi connectivity index (χ4n) is 2.75. The minimum atomic E-state index is -0.122. The van der Waals surface area contributed by atoms with Crippen LogP contribution in [0.3, 0.4) is 0 Å². The average molecular weight is 338 g/mol. The van der Waals surface area contributed by atoms with E-state index in [2.05, 4.69) is 5.32 Å². The van der Waals surface area contributed by atoms with Gasteiger partial charge < -0.3 is 10.2 Å². The van der Waals surface area contributed by atoms with Crippen molar-refractivity contribution < 1.29 is 9.59 Å². The summed E-state index contributed by atoms with van der Waals surface area (Å²) >= 11 is 0. The summed E-state index contributed by atoms with van der Waals surface area (Å²) in [7, 11) is 0. The minimum Gasteiger partial charge on any atom is -0.339 e. The molecule has 25 heavy (non-hydrogen) atoms. The molecule has 132 valence electrons. The molecule has 0 aliphatic rings.